The number of anilines is 1. The summed E-state index contributed by atoms with van der Waals surface area (Å²) in [5, 5.41) is 4.91. The van der Waals surface area contributed by atoms with E-state index in [1.807, 2.05) is 0 Å². The molecule has 3 rings (SSSR count). The Hall–Kier alpha value is -2.03. The predicted octanol–water partition coefficient (Wildman–Crippen LogP) is 3.87. The van der Waals surface area contributed by atoms with Crippen molar-refractivity contribution in [3.63, 3.8) is 0 Å². The summed E-state index contributed by atoms with van der Waals surface area (Å²) in [7, 11) is 1.51. The van der Waals surface area contributed by atoms with Crippen LogP contribution in [0.5, 0.6) is 5.75 Å². The topological polar surface area (TPSA) is 69.7 Å². The van der Waals surface area contributed by atoms with Gasteiger partial charge in [0.2, 0.25) is 0 Å². The Bertz CT molecular complexity index is 777. The van der Waals surface area contributed by atoms with E-state index in [4.69, 9.17) is 14.2 Å². The van der Waals surface area contributed by atoms with E-state index in [1.165, 1.54) is 30.6 Å². The molecule has 0 spiro atoms. The van der Waals surface area contributed by atoms with Gasteiger partial charge in [-0.25, -0.2) is 9.37 Å². The molecule has 2 unspecified atom stereocenters. The van der Waals surface area contributed by atoms with E-state index >= 15 is 0 Å². The normalized spacial score (nSPS) is 18.1. The number of methoxy groups -OCH3 is 1. The molecule has 1 N–H and O–H groups in total. The molecule has 2 heterocycles. The Morgan fingerprint density at radius 3 is 3.07 bits per heavy atom. The molecule has 1 aromatic carbocycles. The molecule has 1 amide bonds. The lowest BCUT2D eigenvalue weighted by atomic mass is 10.1. The first-order valence-electron chi connectivity index (χ1n) is 8.90. The minimum Gasteiger partial charge on any atom is -0.496 e. The fourth-order valence-electron chi connectivity index (χ4n) is 2.81. The van der Waals surface area contributed by atoms with Crippen LogP contribution in [-0.4, -0.2) is 43.4 Å². The number of carbonyl (C=O) groups is 1. The van der Waals surface area contributed by atoms with Gasteiger partial charge in [0.1, 0.15) is 17.7 Å². The number of nitrogens with one attached hydrogen (secondary N) is 1. The summed E-state index contributed by atoms with van der Waals surface area (Å²) >= 11 is 1.26. The summed E-state index contributed by atoms with van der Waals surface area (Å²) in [5.74, 6) is -0.141. The third kappa shape index (κ3) is 5.24. The standard InChI is InChI=1S/C19H23FN2O4S/c1-12(26-10-14-5-3-4-8-25-14)18(23)22-19-21-16(11-27-19)15-9-13(20)6-7-17(15)24-2/h6-7,9,11-12,14H,3-5,8,10H2,1-2H3,(H,21,22,23). The Balaban J connectivity index is 1.58. The number of thiazole rings is 1. The Morgan fingerprint density at radius 1 is 1.48 bits per heavy atom. The fourth-order valence-corrected chi connectivity index (χ4v) is 3.52. The van der Waals surface area contributed by atoms with Gasteiger partial charge in [0.25, 0.3) is 5.91 Å². The highest BCUT2D eigenvalue weighted by Crippen LogP contribution is 2.32. The minimum atomic E-state index is -0.619. The highest BCUT2D eigenvalue weighted by atomic mass is 32.1. The van der Waals surface area contributed by atoms with Gasteiger partial charge in [-0.15, -0.1) is 11.3 Å². The van der Waals surface area contributed by atoms with E-state index in [-0.39, 0.29) is 17.8 Å². The molecule has 1 aliphatic heterocycles. The van der Waals surface area contributed by atoms with Gasteiger partial charge in [0, 0.05) is 17.6 Å². The van der Waals surface area contributed by atoms with Crippen LogP contribution in [0.3, 0.4) is 0 Å². The molecular formula is C19H23FN2O4S. The monoisotopic (exact) mass is 394 g/mol. The first-order chi connectivity index (χ1) is 13.1. The van der Waals surface area contributed by atoms with Crippen LogP contribution in [0.4, 0.5) is 9.52 Å². The maximum atomic E-state index is 13.6. The zero-order chi connectivity index (χ0) is 19.2. The average Bonchev–Trinajstić information content (AvgIpc) is 3.15. The lowest BCUT2D eigenvalue weighted by Crippen LogP contribution is -2.32. The van der Waals surface area contributed by atoms with Gasteiger partial charge in [0.15, 0.2) is 5.13 Å². The van der Waals surface area contributed by atoms with E-state index in [0.717, 1.165) is 25.9 Å². The van der Waals surface area contributed by atoms with Crippen molar-refractivity contribution in [3.8, 4) is 17.0 Å². The van der Waals surface area contributed by atoms with Crippen LogP contribution >= 0.6 is 11.3 Å². The molecule has 0 radical (unpaired) electrons. The highest BCUT2D eigenvalue weighted by molar-refractivity contribution is 7.14. The van der Waals surface area contributed by atoms with Crippen LogP contribution in [-0.2, 0) is 14.3 Å². The summed E-state index contributed by atoms with van der Waals surface area (Å²) in [6.07, 6.45) is 2.60. The molecule has 0 bridgehead atoms. The molecule has 1 aliphatic rings. The quantitative estimate of drug-likeness (QED) is 0.772. The second-order valence-electron chi connectivity index (χ2n) is 6.34. The average molecular weight is 394 g/mol. The van der Waals surface area contributed by atoms with Crippen molar-refractivity contribution in [1.82, 2.24) is 4.98 Å². The first kappa shape index (κ1) is 19.7. The molecule has 0 saturated carbocycles. The van der Waals surface area contributed by atoms with Crippen molar-refractivity contribution in [3.05, 3.63) is 29.4 Å². The number of nitrogens with zero attached hydrogens (tertiary/aromatic N) is 1. The number of carbonyl (C=O) groups excluding carboxylic acids is 1. The Kier molecular flexibility index (Phi) is 6.76. The number of ether oxygens (including phenoxy) is 3. The first-order valence-corrected chi connectivity index (χ1v) is 9.78. The lowest BCUT2D eigenvalue weighted by molar-refractivity contribution is -0.130. The van der Waals surface area contributed by atoms with Gasteiger partial charge in [-0.05, 0) is 44.4 Å². The maximum Gasteiger partial charge on any atom is 0.254 e. The molecule has 0 aliphatic carbocycles. The van der Waals surface area contributed by atoms with Gasteiger partial charge in [-0.2, -0.15) is 0 Å². The smallest absolute Gasteiger partial charge is 0.254 e. The van der Waals surface area contributed by atoms with Gasteiger partial charge in [-0.3, -0.25) is 10.1 Å². The molecule has 27 heavy (non-hydrogen) atoms. The SMILES string of the molecule is COc1ccc(F)cc1-c1csc(NC(=O)C(C)OCC2CCCCO2)n1. The number of amides is 1. The van der Waals surface area contributed by atoms with Crippen LogP contribution in [0.15, 0.2) is 23.6 Å². The van der Waals surface area contributed by atoms with Crippen LogP contribution in [0.25, 0.3) is 11.3 Å². The van der Waals surface area contributed by atoms with Crippen LogP contribution in [0.2, 0.25) is 0 Å². The maximum absolute atomic E-state index is 13.6. The van der Waals surface area contributed by atoms with Crippen LogP contribution in [0.1, 0.15) is 26.2 Å². The van der Waals surface area contributed by atoms with Crippen molar-refractivity contribution in [2.75, 3.05) is 25.6 Å². The van der Waals surface area contributed by atoms with E-state index in [9.17, 15) is 9.18 Å². The number of hydrogen-bond donors (Lipinski definition) is 1. The van der Waals surface area contributed by atoms with E-state index < -0.39 is 6.10 Å². The second-order valence-corrected chi connectivity index (χ2v) is 7.19. The third-order valence-corrected chi connectivity index (χ3v) is 5.10. The van der Waals surface area contributed by atoms with E-state index in [1.54, 1.807) is 18.4 Å². The molecule has 1 aromatic heterocycles. The summed E-state index contributed by atoms with van der Waals surface area (Å²) in [5.41, 5.74) is 1.07. The molecule has 1 saturated heterocycles. The molecule has 8 heteroatoms. The van der Waals surface area contributed by atoms with Gasteiger partial charge >= 0.3 is 0 Å². The number of rotatable bonds is 7. The Labute approximate surface area is 161 Å². The molecule has 2 aromatic rings. The van der Waals surface area contributed by atoms with Crippen LogP contribution < -0.4 is 10.1 Å². The fraction of sp³-hybridized carbons (Fsp3) is 0.474. The molecule has 2 atom stereocenters. The van der Waals surface area contributed by atoms with Crippen molar-refractivity contribution >= 4 is 22.4 Å². The predicted molar refractivity (Wildman–Crippen MR) is 102 cm³/mol. The summed E-state index contributed by atoms with van der Waals surface area (Å²) in [4.78, 5) is 16.7. The second kappa shape index (κ2) is 9.25. The van der Waals surface area contributed by atoms with Gasteiger partial charge < -0.3 is 14.2 Å². The zero-order valence-corrected chi connectivity index (χ0v) is 16.2. The largest absolute Gasteiger partial charge is 0.496 e. The van der Waals surface area contributed by atoms with Gasteiger partial charge in [-0.1, -0.05) is 0 Å². The van der Waals surface area contributed by atoms with Crippen molar-refractivity contribution in [2.45, 2.75) is 38.4 Å². The zero-order valence-electron chi connectivity index (χ0n) is 15.4. The number of halogens is 1. The Morgan fingerprint density at radius 2 is 2.33 bits per heavy atom. The lowest BCUT2D eigenvalue weighted by Gasteiger charge is -2.23. The van der Waals surface area contributed by atoms with E-state index in [2.05, 4.69) is 10.3 Å². The molecule has 1 fully saturated rings. The number of hydrogen-bond acceptors (Lipinski definition) is 6. The van der Waals surface area contributed by atoms with Crippen molar-refractivity contribution < 1.29 is 23.4 Å². The number of aromatic nitrogens is 1. The minimum absolute atomic E-state index is 0.0564. The van der Waals surface area contributed by atoms with E-state index in [0.29, 0.717) is 28.7 Å². The van der Waals surface area contributed by atoms with Gasteiger partial charge in [0.05, 0.1) is 25.5 Å². The van der Waals surface area contributed by atoms with Crippen LogP contribution in [0, 0.1) is 5.82 Å². The summed E-state index contributed by atoms with van der Waals surface area (Å²) in [6, 6.07) is 4.23. The number of benzene rings is 1. The molecule has 6 nitrogen and oxygen atoms in total. The molecule has 146 valence electrons. The summed E-state index contributed by atoms with van der Waals surface area (Å²) < 4.78 is 30.0. The summed E-state index contributed by atoms with van der Waals surface area (Å²) in [6.45, 7) is 2.85. The highest BCUT2D eigenvalue weighted by Gasteiger charge is 2.20. The molecular weight excluding hydrogens is 371 g/mol. The third-order valence-electron chi connectivity index (χ3n) is 4.35. The van der Waals surface area contributed by atoms with Crippen molar-refractivity contribution in [1.29, 1.82) is 0 Å². The van der Waals surface area contributed by atoms with Crippen molar-refractivity contribution in [2.24, 2.45) is 0 Å².